The fourth-order valence-electron chi connectivity index (χ4n) is 2.63. The average Bonchev–Trinajstić information content (AvgIpc) is 2.77. The third kappa shape index (κ3) is 3.15. The first kappa shape index (κ1) is 15.3. The van der Waals surface area contributed by atoms with Crippen molar-refractivity contribution >= 4 is 21.8 Å². The zero-order valence-electron chi connectivity index (χ0n) is 11.8. The van der Waals surface area contributed by atoms with Crippen LogP contribution < -0.4 is 10.1 Å². The molecule has 0 heterocycles. The lowest BCUT2D eigenvalue weighted by Crippen LogP contribution is -2.44. The van der Waals surface area contributed by atoms with Gasteiger partial charge in [0.05, 0.1) is 18.3 Å². The number of aliphatic hydroxyl groups is 1. The van der Waals surface area contributed by atoms with E-state index in [0.29, 0.717) is 15.8 Å². The van der Waals surface area contributed by atoms with Gasteiger partial charge in [-0.15, -0.1) is 0 Å². The predicted octanol–water partition coefficient (Wildman–Crippen LogP) is 2.74. The minimum Gasteiger partial charge on any atom is -0.497 e. The first-order valence-corrected chi connectivity index (χ1v) is 7.60. The Hall–Kier alpha value is -1.07. The van der Waals surface area contributed by atoms with Gasteiger partial charge in [-0.2, -0.15) is 0 Å². The molecular formula is C15H20BrNO3. The molecule has 0 bridgehead atoms. The quantitative estimate of drug-likeness (QED) is 0.885. The van der Waals surface area contributed by atoms with Crippen molar-refractivity contribution in [2.75, 3.05) is 13.7 Å². The molecular weight excluding hydrogens is 322 g/mol. The highest BCUT2D eigenvalue weighted by atomic mass is 79.9. The van der Waals surface area contributed by atoms with Crippen molar-refractivity contribution in [2.24, 2.45) is 5.92 Å². The van der Waals surface area contributed by atoms with Crippen molar-refractivity contribution in [3.63, 3.8) is 0 Å². The largest absolute Gasteiger partial charge is 0.497 e. The van der Waals surface area contributed by atoms with Crippen LogP contribution in [-0.4, -0.2) is 30.3 Å². The highest BCUT2D eigenvalue weighted by Gasteiger charge is 2.38. The molecule has 1 aromatic rings. The summed E-state index contributed by atoms with van der Waals surface area (Å²) in [5.41, 5.74) is -0.264. The Morgan fingerprint density at radius 1 is 1.60 bits per heavy atom. The molecule has 4 nitrogen and oxygen atoms in total. The average molecular weight is 342 g/mol. The fourth-order valence-corrected chi connectivity index (χ4v) is 3.05. The summed E-state index contributed by atoms with van der Waals surface area (Å²) >= 11 is 3.36. The van der Waals surface area contributed by atoms with Crippen LogP contribution in [0.4, 0.5) is 0 Å². The summed E-state index contributed by atoms with van der Waals surface area (Å²) in [5.74, 6) is 0.645. The molecule has 2 atom stereocenters. The third-order valence-electron chi connectivity index (χ3n) is 4.14. The van der Waals surface area contributed by atoms with Gasteiger partial charge in [-0.25, -0.2) is 0 Å². The molecule has 0 unspecified atom stereocenters. The molecule has 1 aromatic carbocycles. The molecule has 110 valence electrons. The van der Waals surface area contributed by atoms with Gasteiger partial charge in [0.25, 0.3) is 5.91 Å². The number of halogens is 1. The minimum atomic E-state index is -0.777. The minimum absolute atomic E-state index is 0.205. The Kier molecular flexibility index (Phi) is 4.70. The molecule has 2 N–H and O–H groups in total. The molecule has 1 aliphatic carbocycles. The van der Waals surface area contributed by atoms with Crippen LogP contribution in [0.5, 0.6) is 5.75 Å². The number of hydrogen-bond acceptors (Lipinski definition) is 3. The van der Waals surface area contributed by atoms with E-state index in [1.807, 2.05) is 6.92 Å². The van der Waals surface area contributed by atoms with Gasteiger partial charge in [0.1, 0.15) is 5.75 Å². The SMILES string of the molecule is COc1ccc(Br)c(C(=O)NC[C@]2(O)CCC[C@@H]2C)c1. The molecule has 1 saturated carbocycles. The van der Waals surface area contributed by atoms with E-state index in [-0.39, 0.29) is 18.4 Å². The van der Waals surface area contributed by atoms with E-state index in [2.05, 4.69) is 21.2 Å². The fraction of sp³-hybridized carbons (Fsp3) is 0.533. The third-order valence-corrected chi connectivity index (χ3v) is 4.83. The lowest BCUT2D eigenvalue weighted by atomic mass is 9.92. The smallest absolute Gasteiger partial charge is 0.252 e. The van der Waals surface area contributed by atoms with Crippen LogP contribution in [0.15, 0.2) is 22.7 Å². The van der Waals surface area contributed by atoms with Crippen molar-refractivity contribution in [3.05, 3.63) is 28.2 Å². The molecule has 5 heteroatoms. The predicted molar refractivity (Wildman–Crippen MR) is 81.0 cm³/mol. The highest BCUT2D eigenvalue weighted by Crippen LogP contribution is 2.34. The molecule has 0 spiro atoms. The lowest BCUT2D eigenvalue weighted by Gasteiger charge is -2.28. The van der Waals surface area contributed by atoms with Crippen LogP contribution in [0.25, 0.3) is 0 Å². The Morgan fingerprint density at radius 3 is 2.95 bits per heavy atom. The second-order valence-corrected chi connectivity index (χ2v) is 6.28. The monoisotopic (exact) mass is 341 g/mol. The first-order chi connectivity index (χ1) is 9.46. The van der Waals surface area contributed by atoms with Gasteiger partial charge in [0.15, 0.2) is 0 Å². The summed E-state index contributed by atoms with van der Waals surface area (Å²) in [6, 6.07) is 5.25. The van der Waals surface area contributed by atoms with Crippen LogP contribution in [-0.2, 0) is 0 Å². The lowest BCUT2D eigenvalue weighted by molar-refractivity contribution is 0.0101. The number of hydrogen-bond donors (Lipinski definition) is 2. The summed E-state index contributed by atoms with van der Waals surface area (Å²) in [4.78, 5) is 12.2. The van der Waals surface area contributed by atoms with Gasteiger partial charge >= 0.3 is 0 Å². The van der Waals surface area contributed by atoms with E-state index >= 15 is 0 Å². The van der Waals surface area contributed by atoms with Crippen LogP contribution in [0.2, 0.25) is 0 Å². The number of ether oxygens (including phenoxy) is 1. The Bertz CT molecular complexity index is 506. The van der Waals surface area contributed by atoms with Crippen molar-refractivity contribution < 1.29 is 14.6 Å². The van der Waals surface area contributed by atoms with Crippen molar-refractivity contribution in [2.45, 2.75) is 31.8 Å². The van der Waals surface area contributed by atoms with E-state index in [1.54, 1.807) is 25.3 Å². The van der Waals surface area contributed by atoms with Crippen LogP contribution in [0.3, 0.4) is 0 Å². The van der Waals surface area contributed by atoms with Gasteiger partial charge in [0.2, 0.25) is 0 Å². The van der Waals surface area contributed by atoms with Crippen molar-refractivity contribution in [3.8, 4) is 5.75 Å². The highest BCUT2D eigenvalue weighted by molar-refractivity contribution is 9.10. The first-order valence-electron chi connectivity index (χ1n) is 6.80. The molecule has 1 aliphatic rings. The van der Waals surface area contributed by atoms with Gasteiger partial charge in [-0.1, -0.05) is 13.3 Å². The molecule has 0 aliphatic heterocycles. The summed E-state index contributed by atoms with van der Waals surface area (Å²) in [5, 5.41) is 13.3. The second kappa shape index (κ2) is 6.14. The molecule has 20 heavy (non-hydrogen) atoms. The number of rotatable bonds is 4. The number of nitrogens with one attached hydrogen (secondary N) is 1. The van der Waals surface area contributed by atoms with E-state index in [1.165, 1.54) is 0 Å². The van der Waals surface area contributed by atoms with E-state index in [4.69, 9.17) is 4.74 Å². The normalized spacial score (nSPS) is 25.5. The summed E-state index contributed by atoms with van der Waals surface area (Å²) < 4.78 is 5.84. The zero-order valence-corrected chi connectivity index (χ0v) is 13.4. The Labute approximate surface area is 127 Å². The Morgan fingerprint density at radius 2 is 2.35 bits per heavy atom. The summed E-state index contributed by atoms with van der Waals surface area (Å²) in [7, 11) is 1.56. The van der Waals surface area contributed by atoms with Crippen molar-refractivity contribution in [1.29, 1.82) is 0 Å². The number of carbonyl (C=O) groups is 1. The zero-order chi connectivity index (χ0) is 14.8. The van der Waals surface area contributed by atoms with Gasteiger partial charge in [-0.05, 0) is 52.9 Å². The molecule has 1 amide bonds. The standard InChI is InChI=1S/C15H20BrNO3/c1-10-4-3-7-15(10,19)9-17-14(18)12-8-11(20-2)5-6-13(12)16/h5-6,8,10,19H,3-4,7,9H2,1-2H3,(H,17,18)/t10-,15+/m0/s1. The Balaban J connectivity index is 2.05. The summed E-state index contributed by atoms with van der Waals surface area (Å²) in [6.45, 7) is 2.32. The topological polar surface area (TPSA) is 58.6 Å². The summed E-state index contributed by atoms with van der Waals surface area (Å²) in [6.07, 6.45) is 2.76. The van der Waals surface area contributed by atoms with Crippen LogP contribution in [0.1, 0.15) is 36.5 Å². The second-order valence-electron chi connectivity index (χ2n) is 5.43. The number of carbonyl (C=O) groups excluding carboxylic acids is 1. The van der Waals surface area contributed by atoms with E-state index in [0.717, 1.165) is 19.3 Å². The van der Waals surface area contributed by atoms with Crippen molar-refractivity contribution in [1.82, 2.24) is 5.32 Å². The maximum Gasteiger partial charge on any atom is 0.252 e. The molecule has 1 fully saturated rings. The maximum atomic E-state index is 12.2. The van der Waals surface area contributed by atoms with E-state index < -0.39 is 5.60 Å². The maximum absolute atomic E-state index is 12.2. The van der Waals surface area contributed by atoms with Crippen LogP contribution in [0, 0.1) is 5.92 Å². The van der Waals surface area contributed by atoms with Gasteiger partial charge in [-0.3, -0.25) is 4.79 Å². The van der Waals surface area contributed by atoms with Gasteiger partial charge < -0.3 is 15.2 Å². The number of amides is 1. The van der Waals surface area contributed by atoms with Crippen LogP contribution >= 0.6 is 15.9 Å². The molecule has 0 saturated heterocycles. The number of benzene rings is 1. The molecule has 0 aromatic heterocycles. The van der Waals surface area contributed by atoms with Gasteiger partial charge in [0, 0.05) is 11.0 Å². The number of methoxy groups -OCH3 is 1. The van der Waals surface area contributed by atoms with E-state index in [9.17, 15) is 9.90 Å². The molecule has 2 rings (SSSR count). The molecule has 0 radical (unpaired) electrons.